The van der Waals surface area contributed by atoms with Crippen LogP contribution in [0.4, 0.5) is 0 Å². The standard InChI is InChI=1S/C15H21BN2O2/c1-6-18-8-7-11-9-12(10-17-13(11)18)16-19-14(2,3)15(4,5)20-16/h7-10H,6H2,1-5H3. The highest BCUT2D eigenvalue weighted by molar-refractivity contribution is 6.62. The lowest BCUT2D eigenvalue weighted by atomic mass is 9.80. The number of rotatable bonds is 2. The van der Waals surface area contributed by atoms with E-state index in [1.165, 1.54) is 0 Å². The monoisotopic (exact) mass is 272 g/mol. The van der Waals surface area contributed by atoms with Gasteiger partial charge in [-0.25, -0.2) is 4.98 Å². The van der Waals surface area contributed by atoms with Crippen LogP contribution in [-0.2, 0) is 15.9 Å². The zero-order valence-corrected chi connectivity index (χ0v) is 12.8. The molecule has 0 radical (unpaired) electrons. The van der Waals surface area contributed by atoms with Crippen molar-refractivity contribution >= 4 is 23.6 Å². The lowest BCUT2D eigenvalue weighted by Crippen LogP contribution is -2.41. The molecule has 1 fully saturated rings. The minimum atomic E-state index is -0.345. The van der Waals surface area contributed by atoms with E-state index in [2.05, 4.69) is 62.5 Å². The number of fused-ring (bicyclic) bond motifs is 1. The van der Waals surface area contributed by atoms with Crippen molar-refractivity contribution in [1.29, 1.82) is 0 Å². The van der Waals surface area contributed by atoms with Crippen LogP contribution in [0.2, 0.25) is 0 Å². The number of aromatic nitrogens is 2. The lowest BCUT2D eigenvalue weighted by molar-refractivity contribution is 0.00578. The van der Waals surface area contributed by atoms with Crippen LogP contribution >= 0.6 is 0 Å². The Labute approximate surface area is 120 Å². The number of pyridine rings is 1. The summed E-state index contributed by atoms with van der Waals surface area (Å²) in [5, 5.41) is 1.12. The average Bonchev–Trinajstić information content (AvgIpc) is 2.87. The second-order valence-corrected chi connectivity index (χ2v) is 6.37. The second-order valence-electron chi connectivity index (χ2n) is 6.37. The fraction of sp³-hybridized carbons (Fsp3) is 0.533. The average molecular weight is 272 g/mol. The van der Waals surface area contributed by atoms with Gasteiger partial charge in [-0.3, -0.25) is 0 Å². The van der Waals surface area contributed by atoms with Crippen molar-refractivity contribution in [3.05, 3.63) is 24.5 Å². The Balaban J connectivity index is 1.96. The highest BCUT2D eigenvalue weighted by Gasteiger charge is 2.51. The van der Waals surface area contributed by atoms with E-state index in [4.69, 9.17) is 9.31 Å². The summed E-state index contributed by atoms with van der Waals surface area (Å²) in [5.41, 5.74) is 1.35. The molecule has 3 heterocycles. The molecule has 5 heteroatoms. The van der Waals surface area contributed by atoms with Crippen molar-refractivity contribution in [1.82, 2.24) is 9.55 Å². The van der Waals surface area contributed by atoms with Crippen LogP contribution in [0.25, 0.3) is 11.0 Å². The first-order valence-corrected chi connectivity index (χ1v) is 7.14. The predicted molar refractivity (Wildman–Crippen MR) is 81.1 cm³/mol. The summed E-state index contributed by atoms with van der Waals surface area (Å²) in [4.78, 5) is 4.56. The fourth-order valence-electron chi connectivity index (χ4n) is 2.46. The summed E-state index contributed by atoms with van der Waals surface area (Å²) in [7, 11) is -0.345. The Bertz CT molecular complexity index is 632. The molecule has 0 bridgehead atoms. The van der Waals surface area contributed by atoms with E-state index < -0.39 is 0 Å². The zero-order chi connectivity index (χ0) is 14.5. The summed E-state index contributed by atoms with van der Waals surface area (Å²) < 4.78 is 14.3. The Kier molecular flexibility index (Phi) is 2.96. The molecule has 0 atom stereocenters. The molecule has 0 amide bonds. The number of nitrogens with zero attached hydrogens (tertiary/aromatic N) is 2. The molecule has 0 aliphatic carbocycles. The third-order valence-electron chi connectivity index (χ3n) is 4.49. The molecule has 1 aliphatic heterocycles. The molecule has 3 rings (SSSR count). The first-order chi connectivity index (χ1) is 9.34. The van der Waals surface area contributed by atoms with Crippen LogP contribution in [0.5, 0.6) is 0 Å². The SMILES string of the molecule is CCn1ccc2cc(B3OC(C)(C)C(C)(C)O3)cnc21. The van der Waals surface area contributed by atoms with E-state index in [9.17, 15) is 0 Å². The maximum absolute atomic E-state index is 6.06. The third kappa shape index (κ3) is 1.96. The van der Waals surface area contributed by atoms with E-state index >= 15 is 0 Å². The molecule has 0 N–H and O–H groups in total. The van der Waals surface area contributed by atoms with Gasteiger partial charge in [0.15, 0.2) is 0 Å². The minimum absolute atomic E-state index is 0.317. The van der Waals surface area contributed by atoms with Crippen molar-refractivity contribution in [2.45, 2.75) is 52.4 Å². The highest BCUT2D eigenvalue weighted by atomic mass is 16.7. The van der Waals surface area contributed by atoms with Crippen molar-refractivity contribution in [3.8, 4) is 0 Å². The van der Waals surface area contributed by atoms with Crippen molar-refractivity contribution in [2.75, 3.05) is 0 Å². The highest BCUT2D eigenvalue weighted by Crippen LogP contribution is 2.36. The van der Waals surface area contributed by atoms with E-state index in [1.807, 2.05) is 6.20 Å². The smallest absolute Gasteiger partial charge is 0.399 e. The van der Waals surface area contributed by atoms with Crippen LogP contribution < -0.4 is 5.46 Å². The van der Waals surface area contributed by atoms with Gasteiger partial charge in [0.05, 0.1) is 11.2 Å². The summed E-state index contributed by atoms with van der Waals surface area (Å²) in [6.07, 6.45) is 3.92. The van der Waals surface area contributed by atoms with Crippen LogP contribution in [-0.4, -0.2) is 27.9 Å². The van der Waals surface area contributed by atoms with E-state index in [-0.39, 0.29) is 18.3 Å². The maximum Gasteiger partial charge on any atom is 0.496 e. The van der Waals surface area contributed by atoms with Crippen LogP contribution in [0.15, 0.2) is 24.5 Å². The second kappa shape index (κ2) is 4.33. The van der Waals surface area contributed by atoms with Gasteiger partial charge in [0.25, 0.3) is 0 Å². The molecular formula is C15H21BN2O2. The normalized spacial score (nSPS) is 20.8. The molecule has 106 valence electrons. The lowest BCUT2D eigenvalue weighted by Gasteiger charge is -2.32. The fourth-order valence-corrected chi connectivity index (χ4v) is 2.46. The molecule has 20 heavy (non-hydrogen) atoms. The first kappa shape index (κ1) is 13.6. The quantitative estimate of drug-likeness (QED) is 0.787. The molecule has 1 aliphatic rings. The van der Waals surface area contributed by atoms with Gasteiger partial charge in [0, 0.05) is 29.8 Å². The molecule has 0 unspecified atom stereocenters. The maximum atomic E-state index is 6.06. The number of hydrogen-bond donors (Lipinski definition) is 0. The van der Waals surface area contributed by atoms with Gasteiger partial charge in [-0.2, -0.15) is 0 Å². The molecule has 4 nitrogen and oxygen atoms in total. The number of hydrogen-bond acceptors (Lipinski definition) is 3. The summed E-state index contributed by atoms with van der Waals surface area (Å²) in [6.45, 7) is 11.3. The van der Waals surface area contributed by atoms with E-state index in [0.29, 0.717) is 0 Å². The summed E-state index contributed by atoms with van der Waals surface area (Å²) >= 11 is 0. The molecule has 2 aromatic heterocycles. The first-order valence-electron chi connectivity index (χ1n) is 7.14. The summed E-state index contributed by atoms with van der Waals surface area (Å²) in [6, 6.07) is 4.19. The van der Waals surface area contributed by atoms with Crippen LogP contribution in [0.3, 0.4) is 0 Å². The molecule has 1 saturated heterocycles. The zero-order valence-electron chi connectivity index (χ0n) is 12.8. The molecular weight excluding hydrogens is 251 g/mol. The Morgan fingerprint density at radius 3 is 2.45 bits per heavy atom. The van der Waals surface area contributed by atoms with Gasteiger partial charge >= 0.3 is 7.12 Å². The van der Waals surface area contributed by atoms with Gasteiger partial charge in [-0.1, -0.05) is 0 Å². The van der Waals surface area contributed by atoms with E-state index in [1.54, 1.807) is 0 Å². The largest absolute Gasteiger partial charge is 0.496 e. The van der Waals surface area contributed by atoms with Gasteiger partial charge in [0.2, 0.25) is 0 Å². The third-order valence-corrected chi connectivity index (χ3v) is 4.49. The van der Waals surface area contributed by atoms with Crippen molar-refractivity contribution in [2.24, 2.45) is 0 Å². The Hall–Kier alpha value is -1.33. The van der Waals surface area contributed by atoms with Gasteiger partial charge in [0.1, 0.15) is 5.65 Å². The van der Waals surface area contributed by atoms with Gasteiger partial charge in [-0.05, 0) is 46.8 Å². The Morgan fingerprint density at radius 2 is 1.85 bits per heavy atom. The molecule has 2 aromatic rings. The minimum Gasteiger partial charge on any atom is -0.399 e. The molecule has 0 aromatic carbocycles. The van der Waals surface area contributed by atoms with E-state index in [0.717, 1.165) is 23.0 Å². The van der Waals surface area contributed by atoms with Gasteiger partial charge < -0.3 is 13.9 Å². The predicted octanol–water partition coefficient (Wildman–Crippen LogP) is 2.36. The topological polar surface area (TPSA) is 36.3 Å². The Morgan fingerprint density at radius 1 is 1.20 bits per heavy atom. The van der Waals surface area contributed by atoms with Crippen LogP contribution in [0, 0.1) is 0 Å². The molecule has 0 spiro atoms. The summed E-state index contributed by atoms with van der Waals surface area (Å²) in [5.74, 6) is 0. The van der Waals surface area contributed by atoms with Crippen molar-refractivity contribution < 1.29 is 9.31 Å². The molecule has 0 saturated carbocycles. The van der Waals surface area contributed by atoms with Crippen LogP contribution in [0.1, 0.15) is 34.6 Å². The van der Waals surface area contributed by atoms with Crippen molar-refractivity contribution in [3.63, 3.8) is 0 Å². The number of aryl methyl sites for hydroxylation is 1. The van der Waals surface area contributed by atoms with Gasteiger partial charge in [-0.15, -0.1) is 0 Å².